The topological polar surface area (TPSA) is 55.3 Å². The highest BCUT2D eigenvalue weighted by molar-refractivity contribution is 5.87. The van der Waals surface area contributed by atoms with Crippen LogP contribution < -0.4 is 0 Å². The third-order valence-corrected chi connectivity index (χ3v) is 1.82. The van der Waals surface area contributed by atoms with Gasteiger partial charge in [0.05, 0.1) is 18.1 Å². The van der Waals surface area contributed by atoms with Crippen molar-refractivity contribution in [2.24, 2.45) is 0 Å². The first-order valence-electron chi connectivity index (χ1n) is 5.68. The van der Waals surface area contributed by atoms with Gasteiger partial charge in [-0.1, -0.05) is 0 Å². The SMILES string of the molecule is CN(C)C=Cc1cnc(C(=O)OC(C)(C)C)cn1. The van der Waals surface area contributed by atoms with E-state index in [0.717, 1.165) is 0 Å². The van der Waals surface area contributed by atoms with Crippen LogP contribution in [0.25, 0.3) is 6.08 Å². The third kappa shape index (κ3) is 4.95. The molecule has 0 aromatic carbocycles. The van der Waals surface area contributed by atoms with Crippen molar-refractivity contribution in [2.45, 2.75) is 26.4 Å². The molecule has 0 fully saturated rings. The molecular formula is C13H19N3O2. The summed E-state index contributed by atoms with van der Waals surface area (Å²) in [4.78, 5) is 21.7. The summed E-state index contributed by atoms with van der Waals surface area (Å²) in [7, 11) is 3.83. The van der Waals surface area contributed by atoms with E-state index in [1.54, 1.807) is 6.20 Å². The molecule has 0 aliphatic rings. The van der Waals surface area contributed by atoms with Crippen LogP contribution >= 0.6 is 0 Å². The highest BCUT2D eigenvalue weighted by Gasteiger charge is 2.18. The molecule has 0 radical (unpaired) electrons. The summed E-state index contributed by atoms with van der Waals surface area (Å²) in [6, 6.07) is 0. The highest BCUT2D eigenvalue weighted by Crippen LogP contribution is 2.10. The van der Waals surface area contributed by atoms with Crippen molar-refractivity contribution in [3.8, 4) is 0 Å². The first-order chi connectivity index (χ1) is 8.28. The monoisotopic (exact) mass is 249 g/mol. The minimum absolute atomic E-state index is 0.215. The molecule has 0 unspecified atom stereocenters. The van der Waals surface area contributed by atoms with Gasteiger partial charge in [0, 0.05) is 20.3 Å². The number of aromatic nitrogens is 2. The summed E-state index contributed by atoms with van der Waals surface area (Å²) in [5, 5.41) is 0. The standard InChI is InChI=1S/C13H19N3O2/c1-13(2,3)18-12(17)11-9-14-10(8-15-11)6-7-16(4)5/h6-9H,1-5H3. The number of esters is 1. The zero-order chi connectivity index (χ0) is 13.8. The normalized spacial score (nSPS) is 11.6. The lowest BCUT2D eigenvalue weighted by Gasteiger charge is -2.18. The second-order valence-corrected chi connectivity index (χ2v) is 5.11. The van der Waals surface area contributed by atoms with E-state index in [4.69, 9.17) is 4.74 Å². The molecule has 98 valence electrons. The lowest BCUT2D eigenvalue weighted by Crippen LogP contribution is -2.24. The summed E-state index contributed by atoms with van der Waals surface area (Å²) in [5.74, 6) is -0.460. The second-order valence-electron chi connectivity index (χ2n) is 5.11. The number of nitrogens with zero attached hydrogens (tertiary/aromatic N) is 3. The van der Waals surface area contributed by atoms with Gasteiger partial charge >= 0.3 is 5.97 Å². The van der Waals surface area contributed by atoms with Gasteiger partial charge < -0.3 is 9.64 Å². The van der Waals surface area contributed by atoms with Gasteiger partial charge in [0.25, 0.3) is 0 Å². The maximum atomic E-state index is 11.7. The van der Waals surface area contributed by atoms with Crippen molar-refractivity contribution >= 4 is 12.0 Å². The van der Waals surface area contributed by atoms with Crippen LogP contribution in [0.4, 0.5) is 0 Å². The molecule has 0 spiro atoms. The molecule has 5 nitrogen and oxygen atoms in total. The van der Waals surface area contributed by atoms with Crippen molar-refractivity contribution in [3.63, 3.8) is 0 Å². The number of carbonyl (C=O) groups is 1. The minimum atomic E-state index is -0.526. The summed E-state index contributed by atoms with van der Waals surface area (Å²) in [6.45, 7) is 5.44. The zero-order valence-corrected chi connectivity index (χ0v) is 11.5. The lowest BCUT2D eigenvalue weighted by molar-refractivity contribution is 0.00623. The number of carbonyl (C=O) groups excluding carboxylic acids is 1. The third-order valence-electron chi connectivity index (χ3n) is 1.82. The Morgan fingerprint density at radius 3 is 2.39 bits per heavy atom. The Kier molecular flexibility index (Phi) is 4.42. The fourth-order valence-electron chi connectivity index (χ4n) is 1.09. The van der Waals surface area contributed by atoms with E-state index in [2.05, 4.69) is 9.97 Å². The second kappa shape index (κ2) is 5.62. The number of rotatable bonds is 3. The molecule has 0 saturated heterocycles. The van der Waals surface area contributed by atoms with E-state index in [1.165, 1.54) is 6.20 Å². The number of hydrogen-bond acceptors (Lipinski definition) is 5. The molecule has 0 aliphatic heterocycles. The van der Waals surface area contributed by atoms with Crippen LogP contribution in [-0.4, -0.2) is 40.5 Å². The summed E-state index contributed by atoms with van der Waals surface area (Å²) in [6.07, 6.45) is 6.63. The molecular weight excluding hydrogens is 230 g/mol. The molecule has 0 N–H and O–H groups in total. The number of ether oxygens (including phenoxy) is 1. The Hall–Kier alpha value is -1.91. The van der Waals surface area contributed by atoms with Gasteiger partial charge in [-0.2, -0.15) is 0 Å². The minimum Gasteiger partial charge on any atom is -0.455 e. The predicted molar refractivity (Wildman–Crippen MR) is 69.9 cm³/mol. The molecule has 0 amide bonds. The van der Waals surface area contributed by atoms with Crippen molar-refractivity contribution < 1.29 is 9.53 Å². The first kappa shape index (κ1) is 14.2. The predicted octanol–water partition coefficient (Wildman–Crippen LogP) is 1.96. The Morgan fingerprint density at radius 1 is 1.28 bits per heavy atom. The van der Waals surface area contributed by atoms with Crippen LogP contribution in [0.5, 0.6) is 0 Å². The lowest BCUT2D eigenvalue weighted by atomic mass is 10.2. The van der Waals surface area contributed by atoms with E-state index in [0.29, 0.717) is 5.69 Å². The van der Waals surface area contributed by atoms with Crippen molar-refractivity contribution in [2.75, 3.05) is 14.1 Å². The molecule has 1 aromatic heterocycles. The van der Waals surface area contributed by atoms with Gasteiger partial charge in [0.15, 0.2) is 5.69 Å². The van der Waals surface area contributed by atoms with Crippen molar-refractivity contribution in [1.82, 2.24) is 14.9 Å². The van der Waals surface area contributed by atoms with Crippen molar-refractivity contribution in [1.29, 1.82) is 0 Å². The van der Waals surface area contributed by atoms with Gasteiger partial charge in [0.2, 0.25) is 0 Å². The first-order valence-corrected chi connectivity index (χ1v) is 5.68. The molecule has 18 heavy (non-hydrogen) atoms. The Bertz CT molecular complexity index is 431. The highest BCUT2D eigenvalue weighted by atomic mass is 16.6. The van der Waals surface area contributed by atoms with Gasteiger partial charge in [0.1, 0.15) is 5.60 Å². The maximum Gasteiger partial charge on any atom is 0.359 e. The van der Waals surface area contributed by atoms with Crippen molar-refractivity contribution in [3.05, 3.63) is 30.0 Å². The van der Waals surface area contributed by atoms with E-state index in [-0.39, 0.29) is 5.69 Å². The molecule has 1 heterocycles. The summed E-state index contributed by atoms with van der Waals surface area (Å²) < 4.78 is 5.19. The molecule has 1 aromatic rings. The van der Waals surface area contributed by atoms with Crippen LogP contribution in [0, 0.1) is 0 Å². The van der Waals surface area contributed by atoms with Crippen LogP contribution in [0.3, 0.4) is 0 Å². The largest absolute Gasteiger partial charge is 0.455 e. The van der Waals surface area contributed by atoms with Crippen LogP contribution in [0.2, 0.25) is 0 Å². The quantitative estimate of drug-likeness (QED) is 0.766. The maximum absolute atomic E-state index is 11.7. The average Bonchev–Trinajstić information content (AvgIpc) is 2.24. The Balaban J connectivity index is 2.74. The van der Waals surface area contributed by atoms with Crippen LogP contribution in [0.15, 0.2) is 18.6 Å². The molecule has 0 saturated carbocycles. The fourth-order valence-corrected chi connectivity index (χ4v) is 1.09. The van der Waals surface area contributed by atoms with E-state index < -0.39 is 11.6 Å². The Labute approximate surface area is 108 Å². The van der Waals surface area contributed by atoms with E-state index in [9.17, 15) is 4.79 Å². The van der Waals surface area contributed by atoms with Gasteiger partial charge in [-0.15, -0.1) is 0 Å². The van der Waals surface area contributed by atoms with E-state index in [1.807, 2.05) is 52.0 Å². The molecule has 0 atom stereocenters. The summed E-state index contributed by atoms with van der Waals surface area (Å²) >= 11 is 0. The van der Waals surface area contributed by atoms with E-state index >= 15 is 0 Å². The van der Waals surface area contributed by atoms with Gasteiger partial charge in [-0.25, -0.2) is 9.78 Å². The van der Waals surface area contributed by atoms with Crippen LogP contribution in [0.1, 0.15) is 37.0 Å². The van der Waals surface area contributed by atoms with Gasteiger partial charge in [-0.3, -0.25) is 4.98 Å². The molecule has 0 aliphatic carbocycles. The molecule has 0 bridgehead atoms. The van der Waals surface area contributed by atoms with Gasteiger partial charge in [-0.05, 0) is 26.8 Å². The molecule has 1 rings (SSSR count). The smallest absolute Gasteiger partial charge is 0.359 e. The average molecular weight is 249 g/mol. The fraction of sp³-hybridized carbons (Fsp3) is 0.462. The molecule has 5 heteroatoms. The zero-order valence-electron chi connectivity index (χ0n) is 11.5. The summed E-state index contributed by atoms with van der Waals surface area (Å²) in [5.41, 5.74) is 0.380. The number of hydrogen-bond donors (Lipinski definition) is 0. The van der Waals surface area contributed by atoms with Crippen LogP contribution in [-0.2, 0) is 4.74 Å². The Morgan fingerprint density at radius 2 is 1.94 bits per heavy atom.